The summed E-state index contributed by atoms with van der Waals surface area (Å²) < 4.78 is 12.3. The van der Waals surface area contributed by atoms with E-state index in [1.807, 2.05) is 0 Å². The van der Waals surface area contributed by atoms with Crippen molar-refractivity contribution in [3.63, 3.8) is 0 Å². The fraction of sp³-hybridized carbons (Fsp3) is 0. The molecule has 0 saturated heterocycles. The SMILES string of the molecule is O/N=C\c1c[c]cc(F)c1. The fourth-order valence-corrected chi connectivity index (χ4v) is 0.601. The van der Waals surface area contributed by atoms with Gasteiger partial charge in [0.05, 0.1) is 6.21 Å². The zero-order valence-corrected chi connectivity index (χ0v) is 5.08. The van der Waals surface area contributed by atoms with E-state index in [-0.39, 0.29) is 0 Å². The minimum Gasteiger partial charge on any atom is -0.411 e. The fourth-order valence-electron chi connectivity index (χ4n) is 0.601. The van der Waals surface area contributed by atoms with Crippen molar-refractivity contribution in [2.24, 2.45) is 5.16 Å². The quantitative estimate of drug-likeness (QED) is 0.355. The van der Waals surface area contributed by atoms with E-state index in [0.29, 0.717) is 5.56 Å². The van der Waals surface area contributed by atoms with Gasteiger partial charge in [0.1, 0.15) is 5.82 Å². The molecule has 3 heteroatoms. The van der Waals surface area contributed by atoms with Gasteiger partial charge in [-0.3, -0.25) is 0 Å². The number of rotatable bonds is 1. The second kappa shape index (κ2) is 2.96. The minimum atomic E-state index is -0.391. The molecule has 0 aliphatic heterocycles. The van der Waals surface area contributed by atoms with Crippen LogP contribution in [0.5, 0.6) is 0 Å². The second-order valence-electron chi connectivity index (χ2n) is 1.73. The summed E-state index contributed by atoms with van der Waals surface area (Å²) in [4.78, 5) is 0. The Morgan fingerprint density at radius 3 is 3.00 bits per heavy atom. The molecule has 1 radical (unpaired) electrons. The number of nitrogens with zero attached hydrogens (tertiary/aromatic N) is 1. The van der Waals surface area contributed by atoms with Gasteiger partial charge in [0.2, 0.25) is 0 Å². The maximum absolute atomic E-state index is 12.3. The highest BCUT2D eigenvalue weighted by Gasteiger charge is 1.89. The minimum absolute atomic E-state index is 0.391. The molecular weight excluding hydrogens is 133 g/mol. The van der Waals surface area contributed by atoms with Crippen LogP contribution in [0.15, 0.2) is 23.4 Å². The van der Waals surface area contributed by atoms with Crippen LogP contribution >= 0.6 is 0 Å². The van der Waals surface area contributed by atoms with E-state index in [4.69, 9.17) is 5.21 Å². The van der Waals surface area contributed by atoms with Crippen molar-refractivity contribution in [1.82, 2.24) is 0 Å². The summed E-state index contributed by atoms with van der Waals surface area (Å²) >= 11 is 0. The van der Waals surface area contributed by atoms with Crippen LogP contribution in [-0.4, -0.2) is 11.4 Å². The molecule has 0 aliphatic carbocycles. The molecule has 2 nitrogen and oxygen atoms in total. The lowest BCUT2D eigenvalue weighted by Gasteiger charge is -1.88. The highest BCUT2D eigenvalue weighted by molar-refractivity contribution is 5.78. The van der Waals surface area contributed by atoms with Crippen molar-refractivity contribution in [3.05, 3.63) is 35.6 Å². The summed E-state index contributed by atoms with van der Waals surface area (Å²) in [6.45, 7) is 0. The monoisotopic (exact) mass is 138 g/mol. The lowest BCUT2D eigenvalue weighted by molar-refractivity contribution is 0.322. The van der Waals surface area contributed by atoms with Crippen LogP contribution in [0.4, 0.5) is 4.39 Å². The van der Waals surface area contributed by atoms with Crippen LogP contribution in [0.2, 0.25) is 0 Å². The molecule has 0 amide bonds. The maximum atomic E-state index is 12.3. The van der Waals surface area contributed by atoms with E-state index in [1.165, 1.54) is 18.2 Å². The molecule has 0 heterocycles. The van der Waals surface area contributed by atoms with Gasteiger partial charge in [0.15, 0.2) is 0 Å². The Morgan fingerprint density at radius 2 is 2.40 bits per heavy atom. The smallest absolute Gasteiger partial charge is 0.124 e. The summed E-state index contributed by atoms with van der Waals surface area (Å²) in [5.74, 6) is -0.391. The van der Waals surface area contributed by atoms with E-state index < -0.39 is 5.82 Å². The lowest BCUT2D eigenvalue weighted by atomic mass is 10.2. The first-order chi connectivity index (χ1) is 4.83. The molecule has 0 unspecified atom stereocenters. The van der Waals surface area contributed by atoms with E-state index in [9.17, 15) is 4.39 Å². The molecule has 0 saturated carbocycles. The van der Waals surface area contributed by atoms with Crippen LogP contribution in [0.3, 0.4) is 0 Å². The summed E-state index contributed by atoms with van der Waals surface area (Å²) in [5.41, 5.74) is 0.488. The Kier molecular flexibility index (Phi) is 1.99. The average molecular weight is 138 g/mol. The molecule has 0 spiro atoms. The summed E-state index contributed by atoms with van der Waals surface area (Å²) in [6, 6.07) is 6.50. The van der Waals surface area contributed by atoms with E-state index in [1.54, 1.807) is 0 Å². The molecule has 0 aromatic heterocycles. The van der Waals surface area contributed by atoms with Gasteiger partial charge in [0.25, 0.3) is 0 Å². The Balaban J connectivity index is 2.95. The predicted octanol–water partition coefficient (Wildman–Crippen LogP) is 1.43. The number of benzene rings is 1. The van der Waals surface area contributed by atoms with Gasteiger partial charge < -0.3 is 5.21 Å². The van der Waals surface area contributed by atoms with Gasteiger partial charge in [-0.15, -0.1) is 0 Å². The molecule has 1 rings (SSSR count). The molecule has 0 atom stereocenters. The lowest BCUT2D eigenvalue weighted by Crippen LogP contribution is -1.81. The zero-order valence-electron chi connectivity index (χ0n) is 5.08. The van der Waals surface area contributed by atoms with Crippen molar-refractivity contribution in [1.29, 1.82) is 0 Å². The molecule has 51 valence electrons. The molecule has 1 N–H and O–H groups in total. The Morgan fingerprint density at radius 1 is 1.60 bits per heavy atom. The third kappa shape index (κ3) is 1.55. The average Bonchev–Trinajstić information content (AvgIpc) is 1.88. The first-order valence-electron chi connectivity index (χ1n) is 2.67. The standard InChI is InChI=1S/C7H5FNO/c8-7-3-1-2-6(4-7)5-9-10/h2-5,10H/b9-5-. The number of halogens is 1. The molecule has 0 fully saturated rings. The maximum Gasteiger partial charge on any atom is 0.124 e. The molecule has 0 bridgehead atoms. The highest BCUT2D eigenvalue weighted by atomic mass is 19.1. The summed E-state index contributed by atoms with van der Waals surface area (Å²) in [5, 5.41) is 10.8. The van der Waals surface area contributed by atoms with Crippen LogP contribution < -0.4 is 0 Å². The molecular formula is C7H5FNO. The Labute approximate surface area is 57.6 Å². The molecule has 10 heavy (non-hydrogen) atoms. The van der Waals surface area contributed by atoms with Crippen LogP contribution in [-0.2, 0) is 0 Å². The van der Waals surface area contributed by atoms with Crippen LogP contribution in [0.25, 0.3) is 0 Å². The predicted molar refractivity (Wildman–Crippen MR) is 34.6 cm³/mol. The van der Waals surface area contributed by atoms with E-state index in [0.717, 1.165) is 6.21 Å². The first-order valence-corrected chi connectivity index (χ1v) is 2.67. The van der Waals surface area contributed by atoms with Crippen molar-refractivity contribution < 1.29 is 9.60 Å². The first kappa shape index (κ1) is 6.74. The third-order valence-electron chi connectivity index (χ3n) is 0.983. The van der Waals surface area contributed by atoms with Gasteiger partial charge in [-0.05, 0) is 29.8 Å². The number of hydrogen-bond donors (Lipinski definition) is 1. The largest absolute Gasteiger partial charge is 0.411 e. The van der Waals surface area contributed by atoms with Gasteiger partial charge in [-0.25, -0.2) is 4.39 Å². The van der Waals surface area contributed by atoms with Gasteiger partial charge in [-0.1, -0.05) is 5.16 Å². The van der Waals surface area contributed by atoms with Gasteiger partial charge in [0, 0.05) is 0 Å². The molecule has 1 aromatic carbocycles. The second-order valence-corrected chi connectivity index (χ2v) is 1.73. The molecule has 1 aromatic rings. The Bertz CT molecular complexity index is 247. The highest BCUT2D eigenvalue weighted by Crippen LogP contribution is 1.99. The van der Waals surface area contributed by atoms with E-state index >= 15 is 0 Å². The van der Waals surface area contributed by atoms with Crippen molar-refractivity contribution in [3.8, 4) is 0 Å². The number of hydrogen-bond acceptors (Lipinski definition) is 2. The molecule has 0 aliphatic rings. The summed E-state index contributed by atoms with van der Waals surface area (Å²) in [7, 11) is 0. The van der Waals surface area contributed by atoms with Crippen molar-refractivity contribution >= 4 is 6.21 Å². The Hall–Kier alpha value is -1.38. The van der Waals surface area contributed by atoms with Crippen LogP contribution in [0.1, 0.15) is 5.56 Å². The number of oxime groups is 1. The van der Waals surface area contributed by atoms with Crippen molar-refractivity contribution in [2.45, 2.75) is 0 Å². The zero-order chi connectivity index (χ0) is 7.40. The summed E-state index contributed by atoms with van der Waals surface area (Å²) in [6.07, 6.45) is 1.14. The topological polar surface area (TPSA) is 32.6 Å². The normalized spacial score (nSPS) is 10.5. The van der Waals surface area contributed by atoms with Gasteiger partial charge in [-0.2, -0.15) is 0 Å². The van der Waals surface area contributed by atoms with Crippen LogP contribution in [0, 0.1) is 11.9 Å². The van der Waals surface area contributed by atoms with Gasteiger partial charge >= 0.3 is 0 Å². The third-order valence-corrected chi connectivity index (χ3v) is 0.983. The van der Waals surface area contributed by atoms with E-state index in [2.05, 4.69) is 11.2 Å². The van der Waals surface area contributed by atoms with Crippen molar-refractivity contribution in [2.75, 3.05) is 0 Å².